The maximum atomic E-state index is 11.1. The molecular formula is C25H30N2O2. The Hall–Kier alpha value is -2.33. The lowest BCUT2D eigenvalue weighted by Crippen LogP contribution is -2.44. The molecule has 2 aromatic carbocycles. The van der Waals surface area contributed by atoms with Gasteiger partial charge in [0.15, 0.2) is 0 Å². The Kier molecular flexibility index (Phi) is 5.04. The number of hydrogen-bond donors (Lipinski definition) is 1. The summed E-state index contributed by atoms with van der Waals surface area (Å²) < 4.78 is 0. The second kappa shape index (κ2) is 7.83. The van der Waals surface area contributed by atoms with Crippen molar-refractivity contribution in [1.29, 1.82) is 0 Å². The van der Waals surface area contributed by atoms with Crippen molar-refractivity contribution in [3.8, 4) is 0 Å². The number of hydrogen-bond acceptors (Lipinski definition) is 3. The predicted octanol–water partition coefficient (Wildman–Crippen LogP) is 5.07. The van der Waals surface area contributed by atoms with Gasteiger partial charge in [-0.2, -0.15) is 0 Å². The predicted molar refractivity (Wildman–Crippen MR) is 116 cm³/mol. The van der Waals surface area contributed by atoms with Gasteiger partial charge in [-0.25, -0.2) is 4.79 Å². The van der Waals surface area contributed by atoms with Crippen molar-refractivity contribution in [2.45, 2.75) is 56.5 Å². The third kappa shape index (κ3) is 3.78. The summed E-state index contributed by atoms with van der Waals surface area (Å²) in [6.45, 7) is 3.32. The maximum Gasteiger partial charge on any atom is 0.335 e. The molecule has 2 aromatic rings. The van der Waals surface area contributed by atoms with Crippen molar-refractivity contribution in [2.24, 2.45) is 0 Å². The summed E-state index contributed by atoms with van der Waals surface area (Å²) in [6, 6.07) is 17.8. The monoisotopic (exact) mass is 390 g/mol. The molecular weight excluding hydrogens is 360 g/mol. The minimum Gasteiger partial charge on any atom is -0.478 e. The first-order chi connectivity index (χ1) is 14.2. The molecule has 29 heavy (non-hydrogen) atoms. The van der Waals surface area contributed by atoms with Gasteiger partial charge >= 0.3 is 5.97 Å². The van der Waals surface area contributed by atoms with Gasteiger partial charge in [0.25, 0.3) is 0 Å². The smallest absolute Gasteiger partial charge is 0.335 e. The molecule has 4 nitrogen and oxygen atoms in total. The van der Waals surface area contributed by atoms with Crippen molar-refractivity contribution >= 4 is 11.7 Å². The van der Waals surface area contributed by atoms with Crippen molar-refractivity contribution in [1.82, 2.24) is 4.90 Å². The standard InChI is InChI=1S/C25H30N2O2/c28-25(29)19-9-11-20(12-10-19)26-16-13-21(14-17-26)27-15-3-6-24(27)23-5-2-1-4-22(23)18-7-8-18/h1-2,4-5,9-12,18,21,24H,3,6-8,13-17H2,(H,28,29)/t24-/m0/s1. The van der Waals surface area contributed by atoms with Crippen molar-refractivity contribution in [3.63, 3.8) is 0 Å². The lowest BCUT2D eigenvalue weighted by atomic mass is 9.93. The molecule has 0 aromatic heterocycles. The number of aromatic carboxylic acids is 1. The zero-order valence-corrected chi connectivity index (χ0v) is 17.0. The molecule has 4 heteroatoms. The Morgan fingerprint density at radius 2 is 1.52 bits per heavy atom. The Labute approximate surface area is 173 Å². The molecule has 1 atom stereocenters. The number of nitrogens with zero attached hydrogens (tertiary/aromatic N) is 2. The highest BCUT2D eigenvalue weighted by Crippen LogP contribution is 2.46. The van der Waals surface area contributed by atoms with Gasteiger partial charge in [0.1, 0.15) is 0 Å². The molecule has 3 aliphatic rings. The summed E-state index contributed by atoms with van der Waals surface area (Å²) in [7, 11) is 0. The first kappa shape index (κ1) is 18.7. The zero-order valence-electron chi connectivity index (χ0n) is 17.0. The molecule has 1 N–H and O–H groups in total. The van der Waals surface area contributed by atoms with Crippen molar-refractivity contribution in [2.75, 3.05) is 24.5 Å². The number of anilines is 1. The highest BCUT2D eigenvalue weighted by atomic mass is 16.4. The minimum atomic E-state index is -0.859. The van der Waals surface area contributed by atoms with Crippen LogP contribution in [0.4, 0.5) is 5.69 Å². The lowest BCUT2D eigenvalue weighted by Gasteiger charge is -2.40. The van der Waals surface area contributed by atoms with Crippen LogP contribution in [0.3, 0.4) is 0 Å². The van der Waals surface area contributed by atoms with Gasteiger partial charge < -0.3 is 10.0 Å². The van der Waals surface area contributed by atoms with Gasteiger partial charge in [-0.05, 0) is 86.4 Å². The molecule has 0 amide bonds. The molecule has 1 aliphatic carbocycles. The van der Waals surface area contributed by atoms with Crippen LogP contribution in [0.15, 0.2) is 48.5 Å². The molecule has 3 fully saturated rings. The molecule has 152 valence electrons. The molecule has 1 saturated carbocycles. The van der Waals surface area contributed by atoms with E-state index in [4.69, 9.17) is 5.11 Å². The van der Waals surface area contributed by atoms with Crippen LogP contribution in [-0.4, -0.2) is 41.7 Å². The number of carboxylic acid groups (broad SMARTS) is 1. The summed E-state index contributed by atoms with van der Waals surface area (Å²) in [5, 5.41) is 9.10. The van der Waals surface area contributed by atoms with Crippen LogP contribution in [0.1, 0.15) is 72.0 Å². The van der Waals surface area contributed by atoms with Crippen molar-refractivity contribution < 1.29 is 9.90 Å². The van der Waals surface area contributed by atoms with Crippen LogP contribution in [0, 0.1) is 0 Å². The summed E-state index contributed by atoms with van der Waals surface area (Å²) in [6.07, 6.45) is 7.69. The molecule has 0 spiro atoms. The average molecular weight is 391 g/mol. The molecule has 5 rings (SSSR count). The third-order valence-corrected chi connectivity index (χ3v) is 7.08. The fourth-order valence-corrected chi connectivity index (χ4v) is 5.41. The number of likely N-dealkylation sites (tertiary alicyclic amines) is 1. The summed E-state index contributed by atoms with van der Waals surface area (Å²) in [4.78, 5) is 16.3. The molecule has 2 saturated heterocycles. The number of carboxylic acids is 1. The highest BCUT2D eigenvalue weighted by molar-refractivity contribution is 5.88. The lowest BCUT2D eigenvalue weighted by molar-refractivity contribution is 0.0697. The molecule has 0 bridgehead atoms. The van der Waals surface area contributed by atoms with E-state index in [2.05, 4.69) is 34.1 Å². The fourth-order valence-electron chi connectivity index (χ4n) is 5.41. The van der Waals surface area contributed by atoms with Gasteiger partial charge in [-0.3, -0.25) is 4.90 Å². The van der Waals surface area contributed by atoms with Gasteiger partial charge in [-0.15, -0.1) is 0 Å². The Morgan fingerprint density at radius 3 is 2.17 bits per heavy atom. The summed E-state index contributed by atoms with van der Waals surface area (Å²) in [5.41, 5.74) is 4.71. The van der Waals surface area contributed by atoms with Crippen LogP contribution < -0.4 is 4.90 Å². The van der Waals surface area contributed by atoms with E-state index in [1.807, 2.05) is 12.1 Å². The minimum absolute atomic E-state index is 0.359. The number of piperidine rings is 1. The summed E-state index contributed by atoms with van der Waals surface area (Å²) in [5.74, 6) is -0.0499. The maximum absolute atomic E-state index is 11.1. The normalized spacial score (nSPS) is 23.4. The SMILES string of the molecule is O=C(O)c1ccc(N2CCC(N3CCC[C@H]3c3ccccc3C3CC3)CC2)cc1. The van der Waals surface area contributed by atoms with Crippen LogP contribution >= 0.6 is 0 Å². The van der Waals surface area contributed by atoms with E-state index in [1.54, 1.807) is 23.3 Å². The molecule has 2 heterocycles. The second-order valence-corrected chi connectivity index (χ2v) is 8.87. The quantitative estimate of drug-likeness (QED) is 0.774. The van der Waals surface area contributed by atoms with Crippen LogP contribution in [0.5, 0.6) is 0 Å². The van der Waals surface area contributed by atoms with E-state index >= 15 is 0 Å². The third-order valence-electron chi connectivity index (χ3n) is 7.08. The van der Waals surface area contributed by atoms with E-state index in [-0.39, 0.29) is 0 Å². The van der Waals surface area contributed by atoms with Gasteiger partial charge in [0, 0.05) is 30.9 Å². The second-order valence-electron chi connectivity index (χ2n) is 8.87. The Morgan fingerprint density at radius 1 is 0.828 bits per heavy atom. The number of carbonyl (C=O) groups is 1. The van der Waals surface area contributed by atoms with Gasteiger partial charge in [0.05, 0.1) is 5.56 Å². The number of rotatable bonds is 5. The number of benzene rings is 2. The van der Waals surface area contributed by atoms with Crippen LogP contribution in [0.2, 0.25) is 0 Å². The topological polar surface area (TPSA) is 43.8 Å². The molecule has 0 unspecified atom stereocenters. The van der Waals surface area contributed by atoms with Gasteiger partial charge in [-0.1, -0.05) is 24.3 Å². The first-order valence-electron chi connectivity index (χ1n) is 11.1. The Bertz CT molecular complexity index is 867. The van der Waals surface area contributed by atoms with E-state index in [1.165, 1.54) is 45.1 Å². The average Bonchev–Trinajstić information content (AvgIpc) is 3.50. The van der Waals surface area contributed by atoms with Crippen LogP contribution in [0.25, 0.3) is 0 Å². The summed E-state index contributed by atoms with van der Waals surface area (Å²) >= 11 is 0. The van der Waals surface area contributed by atoms with E-state index in [9.17, 15) is 4.79 Å². The van der Waals surface area contributed by atoms with E-state index in [0.29, 0.717) is 17.6 Å². The zero-order chi connectivity index (χ0) is 19.8. The van der Waals surface area contributed by atoms with Crippen LogP contribution in [-0.2, 0) is 0 Å². The van der Waals surface area contributed by atoms with E-state index < -0.39 is 5.97 Å². The van der Waals surface area contributed by atoms with Crippen molar-refractivity contribution in [3.05, 3.63) is 65.2 Å². The fraction of sp³-hybridized carbons (Fsp3) is 0.480. The molecule has 0 radical (unpaired) electrons. The van der Waals surface area contributed by atoms with Gasteiger partial charge in [0.2, 0.25) is 0 Å². The molecule has 2 aliphatic heterocycles. The highest BCUT2D eigenvalue weighted by Gasteiger charge is 2.36. The largest absolute Gasteiger partial charge is 0.478 e. The Balaban J connectivity index is 1.26. The first-order valence-corrected chi connectivity index (χ1v) is 11.1. The van der Waals surface area contributed by atoms with E-state index in [0.717, 1.165) is 24.7 Å².